The van der Waals surface area contributed by atoms with Crippen LogP contribution < -0.4 is 5.32 Å². The number of likely N-dealkylation sites (tertiary alicyclic amines) is 1. The number of nitrogens with one attached hydrogen (secondary N) is 1. The molecule has 23 heavy (non-hydrogen) atoms. The molecule has 1 aromatic heterocycles. The monoisotopic (exact) mass is 313 g/mol. The molecular weight excluding hydrogens is 290 g/mol. The third-order valence-corrected chi connectivity index (χ3v) is 4.66. The van der Waals surface area contributed by atoms with Gasteiger partial charge in [-0.3, -0.25) is 4.98 Å². The molecule has 2 heterocycles. The maximum Gasteiger partial charge on any atom is 0.339 e. The number of pyridine rings is 1. The van der Waals surface area contributed by atoms with E-state index >= 15 is 0 Å². The van der Waals surface area contributed by atoms with Crippen molar-refractivity contribution < 1.29 is 9.90 Å². The summed E-state index contributed by atoms with van der Waals surface area (Å²) in [5.74, 6) is -0.354. The molecule has 1 fully saturated rings. The van der Waals surface area contributed by atoms with Crippen LogP contribution in [-0.4, -0.2) is 47.6 Å². The number of anilines is 1. The molecule has 1 aliphatic rings. The van der Waals surface area contributed by atoms with Gasteiger partial charge in [-0.2, -0.15) is 0 Å². The largest absolute Gasteiger partial charge is 0.478 e. The average Bonchev–Trinajstić information content (AvgIpc) is 2.53. The van der Waals surface area contributed by atoms with Gasteiger partial charge in [0.1, 0.15) is 5.56 Å². The van der Waals surface area contributed by atoms with Gasteiger partial charge in [0.25, 0.3) is 0 Å². The summed E-state index contributed by atoms with van der Waals surface area (Å²) >= 11 is 0. The number of carboxylic acids is 1. The number of carboxylic acid groups (broad SMARTS) is 1. The van der Waals surface area contributed by atoms with E-state index in [1.807, 2.05) is 25.1 Å². The summed E-state index contributed by atoms with van der Waals surface area (Å²) < 4.78 is 0. The van der Waals surface area contributed by atoms with E-state index in [0.29, 0.717) is 11.6 Å². The lowest BCUT2D eigenvalue weighted by molar-refractivity contribution is 0.0697. The highest BCUT2D eigenvalue weighted by Gasteiger charge is 2.19. The third kappa shape index (κ3) is 3.45. The molecule has 5 nitrogen and oxygen atoms in total. The van der Waals surface area contributed by atoms with E-state index < -0.39 is 5.97 Å². The maximum atomic E-state index is 11.6. The van der Waals surface area contributed by atoms with Gasteiger partial charge >= 0.3 is 5.97 Å². The molecule has 2 N–H and O–H groups in total. The molecule has 0 spiro atoms. The van der Waals surface area contributed by atoms with Crippen LogP contribution in [0.5, 0.6) is 0 Å². The van der Waals surface area contributed by atoms with E-state index in [1.165, 1.54) is 6.20 Å². The summed E-state index contributed by atoms with van der Waals surface area (Å²) in [6.07, 6.45) is 3.75. The normalized spacial score (nSPS) is 16.6. The fourth-order valence-corrected chi connectivity index (χ4v) is 3.17. The summed E-state index contributed by atoms with van der Waals surface area (Å²) in [5, 5.41) is 13.8. The van der Waals surface area contributed by atoms with Gasteiger partial charge in [-0.25, -0.2) is 4.79 Å². The van der Waals surface area contributed by atoms with Gasteiger partial charge in [0.05, 0.1) is 11.2 Å². The molecule has 0 unspecified atom stereocenters. The molecule has 122 valence electrons. The third-order valence-electron chi connectivity index (χ3n) is 4.66. The van der Waals surface area contributed by atoms with Gasteiger partial charge in [-0.15, -0.1) is 0 Å². The number of rotatable bonds is 4. The number of aromatic nitrogens is 1. The number of benzene rings is 1. The van der Waals surface area contributed by atoms with E-state index in [-0.39, 0.29) is 5.56 Å². The number of piperidine rings is 1. The first-order chi connectivity index (χ1) is 11.0. The fraction of sp³-hybridized carbons (Fsp3) is 0.444. The highest BCUT2D eigenvalue weighted by atomic mass is 16.4. The first-order valence-corrected chi connectivity index (χ1v) is 8.09. The van der Waals surface area contributed by atoms with Gasteiger partial charge in [-0.1, -0.05) is 11.6 Å². The van der Waals surface area contributed by atoms with Crippen LogP contribution in [0.1, 0.15) is 28.8 Å². The minimum absolute atomic E-state index is 0.246. The summed E-state index contributed by atoms with van der Waals surface area (Å²) in [4.78, 5) is 18.2. The summed E-state index contributed by atoms with van der Waals surface area (Å²) in [5.41, 5.74) is 2.87. The minimum atomic E-state index is -0.938. The molecule has 1 aromatic carbocycles. The molecule has 0 radical (unpaired) electrons. The molecule has 3 rings (SSSR count). The lowest BCUT2D eigenvalue weighted by atomic mass is 9.96. The molecule has 1 aliphatic heterocycles. The molecule has 5 heteroatoms. The van der Waals surface area contributed by atoms with Gasteiger partial charge < -0.3 is 15.3 Å². The number of nitrogens with zero attached hydrogens (tertiary/aromatic N) is 2. The van der Waals surface area contributed by atoms with Gasteiger partial charge in [0.2, 0.25) is 0 Å². The van der Waals surface area contributed by atoms with Crippen molar-refractivity contribution in [3.8, 4) is 0 Å². The van der Waals surface area contributed by atoms with E-state index in [1.54, 1.807) is 0 Å². The van der Waals surface area contributed by atoms with Crippen molar-refractivity contribution in [1.29, 1.82) is 0 Å². The maximum absolute atomic E-state index is 11.6. The zero-order chi connectivity index (χ0) is 16.4. The highest BCUT2D eigenvalue weighted by Crippen LogP contribution is 2.28. The topological polar surface area (TPSA) is 65.5 Å². The van der Waals surface area contributed by atoms with Crippen LogP contribution in [0.15, 0.2) is 24.4 Å². The second kappa shape index (κ2) is 6.54. The van der Waals surface area contributed by atoms with E-state index in [0.717, 1.165) is 48.9 Å². The number of hydrogen-bond acceptors (Lipinski definition) is 4. The van der Waals surface area contributed by atoms with Gasteiger partial charge in [0.15, 0.2) is 0 Å². The minimum Gasteiger partial charge on any atom is -0.478 e. The van der Waals surface area contributed by atoms with Crippen LogP contribution in [0.4, 0.5) is 5.69 Å². The van der Waals surface area contributed by atoms with Crippen molar-refractivity contribution in [2.75, 3.05) is 32.0 Å². The van der Waals surface area contributed by atoms with Crippen molar-refractivity contribution in [2.45, 2.75) is 19.8 Å². The standard InChI is InChI=1S/C18H23N3O2/c1-12-3-4-16-14(9-12)17(15(11-19-16)18(22)23)20-10-13-5-7-21(2)8-6-13/h3-4,9,11,13H,5-8,10H2,1-2H3,(H,19,20)(H,22,23). The number of aryl methyl sites for hydroxylation is 1. The van der Waals surface area contributed by atoms with E-state index in [4.69, 9.17) is 0 Å². The Morgan fingerprint density at radius 1 is 1.39 bits per heavy atom. The first-order valence-electron chi connectivity index (χ1n) is 8.09. The van der Waals surface area contributed by atoms with Gasteiger partial charge in [0, 0.05) is 18.1 Å². The van der Waals surface area contributed by atoms with Crippen molar-refractivity contribution in [3.63, 3.8) is 0 Å². The number of hydrogen-bond donors (Lipinski definition) is 2. The van der Waals surface area contributed by atoms with Crippen LogP contribution in [0, 0.1) is 12.8 Å². The molecule has 2 aromatic rings. The Morgan fingerprint density at radius 3 is 2.83 bits per heavy atom. The summed E-state index contributed by atoms with van der Waals surface area (Å²) in [6, 6.07) is 5.94. The number of carbonyl (C=O) groups is 1. The van der Waals surface area contributed by atoms with Crippen molar-refractivity contribution in [1.82, 2.24) is 9.88 Å². The van der Waals surface area contributed by atoms with E-state index in [9.17, 15) is 9.90 Å². The number of fused-ring (bicyclic) bond motifs is 1. The number of aromatic carboxylic acids is 1. The van der Waals surface area contributed by atoms with Gasteiger partial charge in [-0.05, 0) is 58.0 Å². The average molecular weight is 313 g/mol. The molecule has 0 aliphatic carbocycles. The summed E-state index contributed by atoms with van der Waals surface area (Å²) in [7, 11) is 2.14. The fourth-order valence-electron chi connectivity index (χ4n) is 3.17. The molecule has 0 saturated carbocycles. The Balaban J connectivity index is 1.89. The van der Waals surface area contributed by atoms with E-state index in [2.05, 4.69) is 22.2 Å². The van der Waals surface area contributed by atoms with Crippen molar-refractivity contribution in [2.24, 2.45) is 5.92 Å². The van der Waals surface area contributed by atoms with Crippen LogP contribution in [0.2, 0.25) is 0 Å². The second-order valence-corrected chi connectivity index (χ2v) is 6.50. The Morgan fingerprint density at radius 2 is 2.13 bits per heavy atom. The Bertz CT molecular complexity index is 722. The Kier molecular flexibility index (Phi) is 4.48. The molecule has 0 atom stereocenters. The smallest absolute Gasteiger partial charge is 0.339 e. The quantitative estimate of drug-likeness (QED) is 0.908. The second-order valence-electron chi connectivity index (χ2n) is 6.50. The Hall–Kier alpha value is -2.14. The lowest BCUT2D eigenvalue weighted by Crippen LogP contribution is -2.33. The van der Waals surface area contributed by atoms with Crippen molar-refractivity contribution >= 4 is 22.6 Å². The summed E-state index contributed by atoms with van der Waals surface area (Å²) in [6.45, 7) is 5.03. The van der Waals surface area contributed by atoms with Crippen LogP contribution >= 0.6 is 0 Å². The van der Waals surface area contributed by atoms with Crippen molar-refractivity contribution in [3.05, 3.63) is 35.5 Å². The molecular formula is C18H23N3O2. The zero-order valence-electron chi connectivity index (χ0n) is 13.7. The van der Waals surface area contributed by atoms with Crippen LogP contribution in [0.25, 0.3) is 10.9 Å². The predicted octanol–water partition coefficient (Wildman–Crippen LogP) is 3.00. The highest BCUT2D eigenvalue weighted by molar-refractivity contribution is 6.04. The zero-order valence-corrected chi connectivity index (χ0v) is 13.7. The predicted molar refractivity (Wildman–Crippen MR) is 92.2 cm³/mol. The molecule has 0 amide bonds. The molecule has 0 bridgehead atoms. The van der Waals surface area contributed by atoms with Crippen LogP contribution in [0.3, 0.4) is 0 Å². The molecule has 1 saturated heterocycles. The Labute approximate surface area is 136 Å². The SMILES string of the molecule is Cc1ccc2ncc(C(=O)O)c(NCC3CCN(C)CC3)c2c1. The first kappa shape index (κ1) is 15.7. The lowest BCUT2D eigenvalue weighted by Gasteiger charge is -2.29. The van der Waals surface area contributed by atoms with Crippen LogP contribution in [-0.2, 0) is 0 Å².